The van der Waals surface area contributed by atoms with Crippen molar-refractivity contribution in [2.75, 3.05) is 0 Å². The van der Waals surface area contributed by atoms with Crippen molar-refractivity contribution in [2.24, 2.45) is 0 Å². The molecule has 1 amide bonds. The van der Waals surface area contributed by atoms with Gasteiger partial charge in [-0.05, 0) is 18.6 Å². The highest BCUT2D eigenvalue weighted by Crippen LogP contribution is 2.05. The minimum atomic E-state index is -0.866. The van der Waals surface area contributed by atoms with Crippen molar-refractivity contribution in [3.05, 3.63) is 45.5 Å². The second-order valence-electron chi connectivity index (χ2n) is 2.51. The van der Waals surface area contributed by atoms with Gasteiger partial charge in [-0.15, -0.1) is 0 Å². The van der Waals surface area contributed by atoms with Crippen LogP contribution in [0.4, 0.5) is 0 Å². The van der Waals surface area contributed by atoms with E-state index < -0.39 is 10.9 Å². The van der Waals surface area contributed by atoms with E-state index in [2.05, 4.69) is 0 Å². The Bertz CT molecular complexity index is 349. The number of carbonyl (C=O) groups is 1. The maximum atomic E-state index is 11.1. The van der Waals surface area contributed by atoms with Crippen LogP contribution in [0.3, 0.4) is 0 Å². The van der Waals surface area contributed by atoms with Crippen LogP contribution < -0.4 is 5.43 Å². The molecule has 5 heteroatoms. The molecule has 68 valence electrons. The average Bonchev–Trinajstić information content (AvgIpc) is 2.03. The number of rotatable bonds is 2. The van der Waals surface area contributed by atoms with Crippen LogP contribution in [0.25, 0.3) is 0 Å². The number of nitro groups is 1. The van der Waals surface area contributed by atoms with E-state index in [0.717, 1.165) is 0 Å². The molecule has 0 unspecified atom stereocenters. The van der Waals surface area contributed by atoms with Crippen LogP contribution in [0.5, 0.6) is 0 Å². The molecule has 0 fully saturated rings. The summed E-state index contributed by atoms with van der Waals surface area (Å²) in [5.41, 5.74) is 2.61. The number of hydrogen-bond donors (Lipinski definition) is 1. The Kier molecular flexibility index (Phi) is 2.59. The van der Waals surface area contributed by atoms with E-state index in [9.17, 15) is 14.9 Å². The van der Waals surface area contributed by atoms with Gasteiger partial charge in [0.2, 0.25) is 0 Å². The molecule has 0 atom stereocenters. The molecule has 13 heavy (non-hydrogen) atoms. The summed E-state index contributed by atoms with van der Waals surface area (Å²) < 4.78 is 0. The number of benzene rings is 1. The van der Waals surface area contributed by atoms with E-state index >= 15 is 0 Å². The van der Waals surface area contributed by atoms with Crippen molar-refractivity contribution in [1.29, 1.82) is 0 Å². The molecule has 0 aromatic heterocycles. The SMILES string of the molecule is Cc1ccccc1C(=O)N[N+](=O)[O-]. The molecule has 1 rings (SSSR count). The molecule has 0 aliphatic heterocycles. The van der Waals surface area contributed by atoms with Gasteiger partial charge in [0, 0.05) is 5.56 Å². The van der Waals surface area contributed by atoms with Gasteiger partial charge in [-0.2, -0.15) is 0 Å². The first-order valence-electron chi connectivity index (χ1n) is 3.62. The Morgan fingerprint density at radius 1 is 1.46 bits per heavy atom. The Morgan fingerprint density at radius 2 is 2.08 bits per heavy atom. The van der Waals surface area contributed by atoms with Gasteiger partial charge in [-0.3, -0.25) is 4.79 Å². The number of carbonyl (C=O) groups excluding carboxylic acids is 1. The van der Waals surface area contributed by atoms with Gasteiger partial charge in [-0.25, -0.2) is 10.1 Å². The Labute approximate surface area is 74.5 Å². The summed E-state index contributed by atoms with van der Waals surface area (Å²) in [6.45, 7) is 1.72. The highest BCUT2D eigenvalue weighted by atomic mass is 16.7. The van der Waals surface area contributed by atoms with Gasteiger partial charge in [0.1, 0.15) is 0 Å². The predicted molar refractivity (Wildman–Crippen MR) is 45.6 cm³/mol. The molecule has 0 heterocycles. The van der Waals surface area contributed by atoms with Gasteiger partial charge < -0.3 is 0 Å². The zero-order valence-electron chi connectivity index (χ0n) is 6.98. The third-order valence-corrected chi connectivity index (χ3v) is 1.58. The van der Waals surface area contributed by atoms with E-state index in [1.807, 2.05) is 0 Å². The van der Waals surface area contributed by atoms with Crippen LogP contribution in [0, 0.1) is 17.0 Å². The first-order chi connectivity index (χ1) is 6.11. The molecule has 0 saturated carbocycles. The maximum Gasteiger partial charge on any atom is 0.311 e. The number of amides is 1. The molecule has 0 aliphatic rings. The third kappa shape index (κ3) is 2.26. The van der Waals surface area contributed by atoms with Gasteiger partial charge in [0.25, 0.3) is 0 Å². The largest absolute Gasteiger partial charge is 0.311 e. The van der Waals surface area contributed by atoms with E-state index in [1.165, 1.54) is 6.07 Å². The first-order valence-corrected chi connectivity index (χ1v) is 3.62. The summed E-state index contributed by atoms with van der Waals surface area (Å²) in [6.07, 6.45) is 0. The minimum Gasteiger partial charge on any atom is -0.263 e. The fraction of sp³-hybridized carbons (Fsp3) is 0.125. The molecule has 0 saturated heterocycles. The summed E-state index contributed by atoms with van der Waals surface area (Å²) >= 11 is 0. The Hall–Kier alpha value is -1.91. The molecule has 5 nitrogen and oxygen atoms in total. The van der Waals surface area contributed by atoms with Crippen LogP contribution in [0.15, 0.2) is 24.3 Å². The fourth-order valence-corrected chi connectivity index (χ4v) is 0.971. The Balaban J connectivity index is 2.89. The average molecular weight is 180 g/mol. The molecule has 0 radical (unpaired) electrons. The van der Waals surface area contributed by atoms with Gasteiger partial charge in [0.15, 0.2) is 5.03 Å². The Morgan fingerprint density at radius 3 is 2.62 bits per heavy atom. The monoisotopic (exact) mass is 180 g/mol. The number of nitrogens with zero attached hydrogens (tertiary/aromatic N) is 1. The van der Waals surface area contributed by atoms with Crippen molar-refractivity contribution in [3.8, 4) is 0 Å². The standard InChI is InChI=1S/C8H8N2O3/c1-6-4-2-3-5-7(6)8(11)9-10(12)13/h2-5H,1H3,(H,9,11). The lowest BCUT2D eigenvalue weighted by molar-refractivity contribution is -0.527. The zero-order valence-corrected chi connectivity index (χ0v) is 6.98. The van der Waals surface area contributed by atoms with Crippen LogP contribution in [-0.4, -0.2) is 10.9 Å². The summed E-state index contributed by atoms with van der Waals surface area (Å²) in [5.74, 6) is -0.692. The number of hydrogen-bond acceptors (Lipinski definition) is 3. The predicted octanol–water partition coefficient (Wildman–Crippen LogP) is 0.917. The van der Waals surface area contributed by atoms with Crippen molar-refractivity contribution in [3.63, 3.8) is 0 Å². The first kappa shape index (κ1) is 9.18. The molecular weight excluding hydrogens is 172 g/mol. The highest BCUT2D eigenvalue weighted by Gasteiger charge is 2.11. The second-order valence-corrected chi connectivity index (χ2v) is 2.51. The molecule has 0 bridgehead atoms. The van der Waals surface area contributed by atoms with Crippen LogP contribution in [0.1, 0.15) is 15.9 Å². The maximum absolute atomic E-state index is 11.1. The van der Waals surface area contributed by atoms with Gasteiger partial charge in [-0.1, -0.05) is 23.6 Å². The molecular formula is C8H8N2O3. The highest BCUT2D eigenvalue weighted by molar-refractivity contribution is 5.94. The second kappa shape index (κ2) is 3.66. The van der Waals surface area contributed by atoms with Crippen LogP contribution >= 0.6 is 0 Å². The number of nitrogens with one attached hydrogen (secondary N) is 1. The number of aryl methyl sites for hydroxylation is 1. The smallest absolute Gasteiger partial charge is 0.263 e. The quantitative estimate of drug-likeness (QED) is 0.543. The molecule has 1 N–H and O–H groups in total. The lowest BCUT2D eigenvalue weighted by atomic mass is 10.1. The van der Waals surface area contributed by atoms with Gasteiger partial charge >= 0.3 is 5.91 Å². The van der Waals surface area contributed by atoms with Crippen LogP contribution in [-0.2, 0) is 0 Å². The molecule has 1 aromatic carbocycles. The van der Waals surface area contributed by atoms with Crippen molar-refractivity contribution in [1.82, 2.24) is 5.43 Å². The summed E-state index contributed by atoms with van der Waals surface area (Å²) in [7, 11) is 0. The van der Waals surface area contributed by atoms with Gasteiger partial charge in [0.05, 0.1) is 0 Å². The molecule has 1 aromatic rings. The lowest BCUT2D eigenvalue weighted by Crippen LogP contribution is -2.29. The van der Waals surface area contributed by atoms with Crippen molar-refractivity contribution in [2.45, 2.75) is 6.92 Å². The van der Waals surface area contributed by atoms with E-state index in [0.29, 0.717) is 11.1 Å². The topological polar surface area (TPSA) is 72.2 Å². The number of hydrazine groups is 1. The zero-order chi connectivity index (χ0) is 9.84. The molecule has 0 spiro atoms. The van der Waals surface area contributed by atoms with Crippen LogP contribution in [0.2, 0.25) is 0 Å². The minimum absolute atomic E-state index is 0.319. The summed E-state index contributed by atoms with van der Waals surface area (Å²) in [6, 6.07) is 6.67. The van der Waals surface area contributed by atoms with Crippen molar-refractivity contribution >= 4 is 5.91 Å². The van der Waals surface area contributed by atoms with Crippen molar-refractivity contribution < 1.29 is 9.83 Å². The van der Waals surface area contributed by atoms with E-state index in [4.69, 9.17) is 0 Å². The molecule has 0 aliphatic carbocycles. The third-order valence-electron chi connectivity index (χ3n) is 1.58. The fourth-order valence-electron chi connectivity index (χ4n) is 0.971. The van der Waals surface area contributed by atoms with E-state index in [-0.39, 0.29) is 0 Å². The lowest BCUT2D eigenvalue weighted by Gasteiger charge is -2.00. The van der Waals surface area contributed by atoms with E-state index in [1.54, 1.807) is 30.5 Å². The normalized spacial score (nSPS) is 9.31. The summed E-state index contributed by atoms with van der Waals surface area (Å²) in [5, 5.41) is 9.10. The summed E-state index contributed by atoms with van der Waals surface area (Å²) in [4.78, 5) is 21.1.